The topological polar surface area (TPSA) is 81.4 Å². The average molecular weight is 346 g/mol. The minimum absolute atomic E-state index is 0.0770. The molecule has 0 unspecified atom stereocenters. The van der Waals surface area contributed by atoms with Crippen molar-refractivity contribution in [3.63, 3.8) is 0 Å². The second kappa shape index (κ2) is 6.16. The minimum atomic E-state index is -3.86. The minimum Gasteiger partial charge on any atom is -0.495 e. The van der Waals surface area contributed by atoms with Crippen molar-refractivity contribution in [3.05, 3.63) is 47.5 Å². The first kappa shape index (κ1) is 16.3. The van der Waals surface area contributed by atoms with E-state index < -0.39 is 10.0 Å². The molecule has 1 heterocycles. The predicted molar refractivity (Wildman–Crippen MR) is 91.9 cm³/mol. The van der Waals surface area contributed by atoms with Crippen molar-refractivity contribution in [3.8, 4) is 5.75 Å². The maximum Gasteiger partial charge on any atom is 0.266 e. The zero-order chi connectivity index (χ0) is 17.3. The highest BCUT2D eigenvalue weighted by Gasteiger charge is 2.23. The standard InChI is InChI=1S/C17H18N2O4S/c1-4-12-8-9-14(22-3)15(10-12)24(20,21)19-17-13-7-5-6-11(2)16(13)23-18-17/h5-10H,4H2,1-3H3,(H,18,19). The maximum absolute atomic E-state index is 12.8. The summed E-state index contributed by atoms with van der Waals surface area (Å²) in [5.41, 5.74) is 2.34. The summed E-state index contributed by atoms with van der Waals surface area (Å²) in [6.07, 6.45) is 0.721. The lowest BCUT2D eigenvalue weighted by molar-refractivity contribution is 0.402. The molecular formula is C17H18N2O4S. The van der Waals surface area contributed by atoms with Crippen LogP contribution < -0.4 is 9.46 Å². The molecule has 0 bridgehead atoms. The Kier molecular flexibility index (Phi) is 4.19. The van der Waals surface area contributed by atoms with Crippen molar-refractivity contribution < 1.29 is 17.7 Å². The zero-order valence-corrected chi connectivity index (χ0v) is 14.5. The molecule has 3 rings (SSSR count). The van der Waals surface area contributed by atoms with E-state index in [1.54, 1.807) is 18.2 Å². The van der Waals surface area contributed by atoms with Crippen LogP contribution in [-0.2, 0) is 16.4 Å². The van der Waals surface area contributed by atoms with Crippen LogP contribution in [-0.4, -0.2) is 20.7 Å². The van der Waals surface area contributed by atoms with Gasteiger partial charge in [-0.3, -0.25) is 4.72 Å². The van der Waals surface area contributed by atoms with Crippen molar-refractivity contribution >= 4 is 26.8 Å². The molecule has 0 fully saturated rings. The molecule has 2 aromatic carbocycles. The Morgan fingerprint density at radius 3 is 2.75 bits per heavy atom. The monoisotopic (exact) mass is 346 g/mol. The number of nitrogens with one attached hydrogen (secondary N) is 1. The number of para-hydroxylation sites is 1. The van der Waals surface area contributed by atoms with E-state index in [0.29, 0.717) is 11.0 Å². The lowest BCUT2D eigenvalue weighted by atomic mass is 10.2. The highest BCUT2D eigenvalue weighted by Crippen LogP contribution is 2.30. The Morgan fingerprint density at radius 1 is 1.25 bits per heavy atom. The van der Waals surface area contributed by atoms with Crippen LogP contribution in [0.5, 0.6) is 5.75 Å². The van der Waals surface area contributed by atoms with Gasteiger partial charge in [0.15, 0.2) is 11.4 Å². The van der Waals surface area contributed by atoms with E-state index in [4.69, 9.17) is 9.26 Å². The van der Waals surface area contributed by atoms with E-state index >= 15 is 0 Å². The summed E-state index contributed by atoms with van der Waals surface area (Å²) in [4.78, 5) is 0.0770. The van der Waals surface area contributed by atoms with Crippen LogP contribution in [0.1, 0.15) is 18.1 Å². The van der Waals surface area contributed by atoms with Gasteiger partial charge in [-0.05, 0) is 42.7 Å². The normalized spacial score (nSPS) is 11.6. The highest BCUT2D eigenvalue weighted by atomic mass is 32.2. The van der Waals surface area contributed by atoms with Crippen LogP contribution >= 0.6 is 0 Å². The molecule has 0 radical (unpaired) electrons. The van der Waals surface area contributed by atoms with Crippen LogP contribution in [0.3, 0.4) is 0 Å². The third-order valence-electron chi connectivity index (χ3n) is 3.85. The SMILES string of the molecule is CCc1ccc(OC)c(S(=O)(=O)Nc2noc3c(C)cccc23)c1. The molecule has 0 atom stereocenters. The van der Waals surface area contributed by atoms with Gasteiger partial charge in [-0.1, -0.05) is 30.3 Å². The molecule has 126 valence electrons. The molecular weight excluding hydrogens is 328 g/mol. The molecule has 1 N–H and O–H groups in total. The summed E-state index contributed by atoms with van der Waals surface area (Å²) in [6, 6.07) is 10.6. The number of methoxy groups -OCH3 is 1. The number of rotatable bonds is 5. The van der Waals surface area contributed by atoms with Crippen LogP contribution in [0.25, 0.3) is 11.0 Å². The first-order chi connectivity index (χ1) is 11.5. The third kappa shape index (κ3) is 2.82. The van der Waals surface area contributed by atoms with Gasteiger partial charge in [0.2, 0.25) is 0 Å². The summed E-state index contributed by atoms with van der Waals surface area (Å²) in [5.74, 6) is 0.446. The third-order valence-corrected chi connectivity index (χ3v) is 5.21. The lowest BCUT2D eigenvalue weighted by Crippen LogP contribution is -2.15. The van der Waals surface area contributed by atoms with Crippen LogP contribution in [0.2, 0.25) is 0 Å². The largest absolute Gasteiger partial charge is 0.495 e. The van der Waals surface area contributed by atoms with Gasteiger partial charge in [-0.25, -0.2) is 8.42 Å². The summed E-state index contributed by atoms with van der Waals surface area (Å²) >= 11 is 0. The quantitative estimate of drug-likeness (QED) is 0.764. The number of sulfonamides is 1. The average Bonchev–Trinajstić information content (AvgIpc) is 2.98. The van der Waals surface area contributed by atoms with E-state index in [-0.39, 0.29) is 16.5 Å². The van der Waals surface area contributed by atoms with E-state index in [9.17, 15) is 8.42 Å². The number of hydrogen-bond donors (Lipinski definition) is 1. The van der Waals surface area contributed by atoms with Crippen LogP contribution in [0, 0.1) is 6.92 Å². The number of aryl methyl sites for hydroxylation is 2. The predicted octanol–water partition coefficient (Wildman–Crippen LogP) is 3.51. The highest BCUT2D eigenvalue weighted by molar-refractivity contribution is 7.92. The van der Waals surface area contributed by atoms with E-state index in [2.05, 4.69) is 9.88 Å². The van der Waals surface area contributed by atoms with Crippen molar-refractivity contribution in [2.24, 2.45) is 0 Å². The van der Waals surface area contributed by atoms with Gasteiger partial charge < -0.3 is 9.26 Å². The molecule has 0 spiro atoms. The van der Waals surface area contributed by atoms with Gasteiger partial charge in [-0.15, -0.1) is 0 Å². The summed E-state index contributed by atoms with van der Waals surface area (Å²) in [5, 5.41) is 4.47. The molecule has 0 amide bonds. The smallest absolute Gasteiger partial charge is 0.266 e. The molecule has 3 aromatic rings. The zero-order valence-electron chi connectivity index (χ0n) is 13.7. The van der Waals surface area contributed by atoms with E-state index in [1.807, 2.05) is 32.0 Å². The van der Waals surface area contributed by atoms with Gasteiger partial charge in [-0.2, -0.15) is 0 Å². The molecule has 1 aromatic heterocycles. The Hall–Kier alpha value is -2.54. The number of anilines is 1. The molecule has 0 aliphatic carbocycles. The maximum atomic E-state index is 12.8. The van der Waals surface area contributed by atoms with Crippen LogP contribution in [0.4, 0.5) is 5.82 Å². The van der Waals surface area contributed by atoms with Gasteiger partial charge in [0, 0.05) is 0 Å². The Bertz CT molecular complexity index is 993. The van der Waals surface area contributed by atoms with Crippen LogP contribution in [0.15, 0.2) is 45.8 Å². The number of aromatic nitrogens is 1. The van der Waals surface area contributed by atoms with Gasteiger partial charge in [0.1, 0.15) is 10.6 Å². The Labute approximate surface area is 140 Å². The van der Waals surface area contributed by atoms with Crippen molar-refractivity contribution in [1.29, 1.82) is 0 Å². The fourth-order valence-corrected chi connectivity index (χ4v) is 3.74. The Balaban J connectivity index is 2.07. The summed E-state index contributed by atoms with van der Waals surface area (Å²) in [7, 11) is -2.42. The summed E-state index contributed by atoms with van der Waals surface area (Å²) in [6.45, 7) is 3.83. The molecule has 0 aliphatic heterocycles. The molecule has 0 saturated heterocycles. The van der Waals surface area contributed by atoms with E-state index in [0.717, 1.165) is 17.5 Å². The number of nitrogens with zero attached hydrogens (tertiary/aromatic N) is 1. The molecule has 0 aliphatic rings. The second-order valence-electron chi connectivity index (χ2n) is 5.43. The second-order valence-corrected chi connectivity index (χ2v) is 7.08. The fraction of sp³-hybridized carbons (Fsp3) is 0.235. The number of hydrogen-bond acceptors (Lipinski definition) is 5. The lowest BCUT2D eigenvalue weighted by Gasteiger charge is -2.11. The van der Waals surface area contributed by atoms with E-state index in [1.165, 1.54) is 7.11 Å². The first-order valence-corrected chi connectivity index (χ1v) is 8.99. The first-order valence-electron chi connectivity index (χ1n) is 7.51. The van der Waals surface area contributed by atoms with Crippen molar-refractivity contribution in [2.75, 3.05) is 11.8 Å². The molecule has 7 heteroatoms. The molecule has 0 saturated carbocycles. The van der Waals surface area contributed by atoms with Crippen molar-refractivity contribution in [2.45, 2.75) is 25.2 Å². The van der Waals surface area contributed by atoms with Gasteiger partial charge >= 0.3 is 0 Å². The number of benzene rings is 2. The van der Waals surface area contributed by atoms with Gasteiger partial charge in [0.25, 0.3) is 10.0 Å². The number of fused-ring (bicyclic) bond motifs is 1. The Morgan fingerprint density at radius 2 is 2.04 bits per heavy atom. The van der Waals surface area contributed by atoms with Crippen molar-refractivity contribution in [1.82, 2.24) is 5.16 Å². The van der Waals surface area contributed by atoms with Gasteiger partial charge in [0.05, 0.1) is 12.5 Å². The molecule has 24 heavy (non-hydrogen) atoms. The molecule has 6 nitrogen and oxygen atoms in total. The summed E-state index contributed by atoms with van der Waals surface area (Å²) < 4.78 is 38.6. The number of ether oxygens (including phenoxy) is 1. The fourth-order valence-electron chi connectivity index (χ4n) is 2.51.